The van der Waals surface area contributed by atoms with Crippen LogP contribution in [0.1, 0.15) is 33.4 Å². The molecule has 3 heteroatoms. The molecule has 1 aliphatic carbocycles. The van der Waals surface area contributed by atoms with E-state index in [0.717, 1.165) is 23.4 Å². The number of aromatic nitrogens is 2. The van der Waals surface area contributed by atoms with Gasteiger partial charge < -0.3 is 5.32 Å². The molecule has 0 saturated heterocycles. The van der Waals surface area contributed by atoms with Crippen molar-refractivity contribution in [3.63, 3.8) is 0 Å². The van der Waals surface area contributed by atoms with Gasteiger partial charge in [0.2, 0.25) is 0 Å². The van der Waals surface area contributed by atoms with E-state index in [9.17, 15) is 0 Å². The van der Waals surface area contributed by atoms with Gasteiger partial charge in [-0.25, -0.2) is 0 Å². The predicted octanol–water partition coefficient (Wildman–Crippen LogP) is 4.03. The average Bonchev–Trinajstić information content (AvgIpc) is 2.80. The highest BCUT2D eigenvalue weighted by Crippen LogP contribution is 2.68. The minimum atomic E-state index is 0.397. The van der Waals surface area contributed by atoms with Gasteiger partial charge in [0.1, 0.15) is 0 Å². The highest BCUT2D eigenvalue weighted by molar-refractivity contribution is 5.92. The van der Waals surface area contributed by atoms with Crippen LogP contribution in [0, 0.1) is 23.7 Å². The fraction of sp³-hybridized carbons (Fsp3) is 0.529. The fourth-order valence-electron chi connectivity index (χ4n) is 3.41. The molecule has 3 rings (SSSR count). The second-order valence-electron chi connectivity index (χ2n) is 7.06. The van der Waals surface area contributed by atoms with Crippen molar-refractivity contribution >= 4 is 16.6 Å². The maximum absolute atomic E-state index is 4.34. The van der Waals surface area contributed by atoms with E-state index < -0.39 is 0 Å². The maximum atomic E-state index is 4.34. The molecular weight excluding hydrogens is 246 g/mol. The highest BCUT2D eigenvalue weighted by Gasteiger charge is 2.64. The quantitative estimate of drug-likeness (QED) is 0.914. The van der Waals surface area contributed by atoms with Crippen LogP contribution in [0.3, 0.4) is 0 Å². The topological polar surface area (TPSA) is 37.8 Å². The number of hydrogen-bond acceptors (Lipinski definition) is 3. The van der Waals surface area contributed by atoms with Gasteiger partial charge in [0.15, 0.2) is 5.82 Å². The first-order valence-electron chi connectivity index (χ1n) is 7.31. The second-order valence-corrected chi connectivity index (χ2v) is 7.06. The molecule has 1 N–H and O–H groups in total. The molecule has 1 saturated carbocycles. The van der Waals surface area contributed by atoms with E-state index in [4.69, 9.17) is 0 Å². The summed E-state index contributed by atoms with van der Waals surface area (Å²) in [6.45, 7) is 12.3. The van der Waals surface area contributed by atoms with E-state index in [2.05, 4.69) is 61.4 Å². The molecule has 3 nitrogen and oxygen atoms in total. The van der Waals surface area contributed by atoms with Crippen molar-refractivity contribution < 1.29 is 0 Å². The summed E-state index contributed by atoms with van der Waals surface area (Å²) in [6.07, 6.45) is 0. The van der Waals surface area contributed by atoms with E-state index in [1.165, 1.54) is 5.39 Å². The number of hydrogen-bond donors (Lipinski definition) is 1. The molecule has 1 heterocycles. The van der Waals surface area contributed by atoms with Crippen LogP contribution in [-0.2, 0) is 0 Å². The number of nitrogens with zero attached hydrogens (tertiary/aromatic N) is 2. The molecule has 1 aliphatic rings. The van der Waals surface area contributed by atoms with Gasteiger partial charge >= 0.3 is 0 Å². The smallest absolute Gasteiger partial charge is 0.156 e. The minimum Gasteiger partial charge on any atom is -0.368 e. The third-order valence-electron chi connectivity index (χ3n) is 5.67. The highest BCUT2D eigenvalue weighted by atomic mass is 15.2. The standard InChI is InChI=1S/C17H23N3/c1-11-12-8-6-7-9-13(12)15(20-19-11)18-10-14-16(2,3)17(14,4)5/h6-9,14H,10H2,1-5H3,(H,18,20). The van der Waals surface area contributed by atoms with Gasteiger partial charge in [0, 0.05) is 17.3 Å². The van der Waals surface area contributed by atoms with Gasteiger partial charge in [-0.3, -0.25) is 0 Å². The normalized spacial score (nSPS) is 20.1. The van der Waals surface area contributed by atoms with E-state index in [-0.39, 0.29) is 0 Å². The second kappa shape index (κ2) is 4.18. The Kier molecular flexibility index (Phi) is 2.79. The lowest BCUT2D eigenvalue weighted by atomic mass is 10.0. The molecule has 106 valence electrons. The van der Waals surface area contributed by atoms with E-state index in [1.54, 1.807) is 0 Å². The van der Waals surface area contributed by atoms with Crippen LogP contribution in [0.15, 0.2) is 24.3 Å². The number of nitrogens with one attached hydrogen (secondary N) is 1. The van der Waals surface area contributed by atoms with Crippen LogP contribution in [0.2, 0.25) is 0 Å². The Morgan fingerprint density at radius 2 is 1.60 bits per heavy atom. The first-order chi connectivity index (χ1) is 9.35. The van der Waals surface area contributed by atoms with Crippen molar-refractivity contribution in [2.24, 2.45) is 16.7 Å². The summed E-state index contributed by atoms with van der Waals surface area (Å²) in [7, 11) is 0. The third-order valence-corrected chi connectivity index (χ3v) is 5.67. The van der Waals surface area contributed by atoms with Gasteiger partial charge in [0.25, 0.3) is 0 Å². The van der Waals surface area contributed by atoms with E-state index in [1.807, 2.05) is 13.0 Å². The van der Waals surface area contributed by atoms with Crippen molar-refractivity contribution in [3.05, 3.63) is 30.0 Å². The molecule has 0 radical (unpaired) electrons. The van der Waals surface area contributed by atoms with Gasteiger partial charge in [-0.05, 0) is 23.7 Å². The number of fused-ring (bicyclic) bond motifs is 1. The summed E-state index contributed by atoms with van der Waals surface area (Å²) in [5.41, 5.74) is 1.78. The first-order valence-corrected chi connectivity index (χ1v) is 7.31. The molecule has 0 atom stereocenters. The van der Waals surface area contributed by atoms with Gasteiger partial charge in [0.05, 0.1) is 5.69 Å². The summed E-state index contributed by atoms with van der Waals surface area (Å²) in [6, 6.07) is 8.32. The predicted molar refractivity (Wildman–Crippen MR) is 83.8 cm³/mol. The van der Waals surface area contributed by atoms with Crippen molar-refractivity contribution in [3.8, 4) is 0 Å². The fourth-order valence-corrected chi connectivity index (χ4v) is 3.41. The molecular formula is C17H23N3. The Morgan fingerprint density at radius 1 is 1.00 bits per heavy atom. The number of aryl methyl sites for hydroxylation is 1. The first kappa shape index (κ1) is 13.3. The molecule has 0 spiro atoms. The molecule has 1 aromatic carbocycles. The molecule has 1 aromatic heterocycles. The Labute approximate surface area is 120 Å². The lowest BCUT2D eigenvalue weighted by Gasteiger charge is -2.10. The summed E-state index contributed by atoms with van der Waals surface area (Å²) in [5, 5.41) is 14.5. The van der Waals surface area contributed by atoms with Crippen LogP contribution in [-0.4, -0.2) is 16.7 Å². The Balaban J connectivity index is 1.85. The van der Waals surface area contributed by atoms with Gasteiger partial charge in [-0.1, -0.05) is 52.0 Å². The zero-order chi connectivity index (χ0) is 14.5. The maximum Gasteiger partial charge on any atom is 0.156 e. The van der Waals surface area contributed by atoms with Crippen molar-refractivity contribution in [1.82, 2.24) is 10.2 Å². The number of rotatable bonds is 3. The average molecular weight is 269 g/mol. The van der Waals surface area contributed by atoms with Crippen LogP contribution in [0.4, 0.5) is 5.82 Å². The van der Waals surface area contributed by atoms with Gasteiger partial charge in [-0.15, -0.1) is 5.10 Å². The van der Waals surface area contributed by atoms with E-state index >= 15 is 0 Å². The summed E-state index contributed by atoms with van der Waals surface area (Å²) >= 11 is 0. The number of anilines is 1. The van der Waals surface area contributed by atoms with Gasteiger partial charge in [-0.2, -0.15) is 5.10 Å². The lowest BCUT2D eigenvalue weighted by Crippen LogP contribution is -2.10. The molecule has 0 unspecified atom stereocenters. The zero-order valence-electron chi connectivity index (χ0n) is 13.0. The molecule has 0 amide bonds. The largest absolute Gasteiger partial charge is 0.368 e. The summed E-state index contributed by atoms with van der Waals surface area (Å²) in [5.74, 6) is 1.58. The monoisotopic (exact) mass is 269 g/mol. The summed E-state index contributed by atoms with van der Waals surface area (Å²) < 4.78 is 0. The Bertz CT molecular complexity index is 644. The molecule has 20 heavy (non-hydrogen) atoms. The van der Waals surface area contributed by atoms with Crippen molar-refractivity contribution in [2.75, 3.05) is 11.9 Å². The van der Waals surface area contributed by atoms with Crippen molar-refractivity contribution in [1.29, 1.82) is 0 Å². The molecule has 0 bridgehead atoms. The molecule has 2 aromatic rings. The van der Waals surface area contributed by atoms with Crippen LogP contribution in [0.5, 0.6) is 0 Å². The lowest BCUT2D eigenvalue weighted by molar-refractivity contribution is 0.457. The third kappa shape index (κ3) is 1.80. The van der Waals surface area contributed by atoms with Crippen LogP contribution < -0.4 is 5.32 Å². The summed E-state index contributed by atoms with van der Waals surface area (Å²) in [4.78, 5) is 0. The Morgan fingerprint density at radius 3 is 2.20 bits per heavy atom. The Hall–Kier alpha value is -1.64. The number of benzene rings is 1. The van der Waals surface area contributed by atoms with E-state index in [0.29, 0.717) is 16.7 Å². The van der Waals surface area contributed by atoms with Crippen molar-refractivity contribution in [2.45, 2.75) is 34.6 Å². The van der Waals surface area contributed by atoms with Crippen LogP contribution >= 0.6 is 0 Å². The SMILES string of the molecule is Cc1nnc(NCC2C(C)(C)C2(C)C)c2ccccc12. The zero-order valence-corrected chi connectivity index (χ0v) is 13.0. The molecule has 1 fully saturated rings. The molecule has 0 aliphatic heterocycles. The minimum absolute atomic E-state index is 0.397. The van der Waals surface area contributed by atoms with Crippen LogP contribution in [0.25, 0.3) is 10.8 Å².